The van der Waals surface area contributed by atoms with Crippen molar-refractivity contribution in [1.82, 2.24) is 0 Å². The van der Waals surface area contributed by atoms with E-state index in [4.69, 9.17) is 4.74 Å². The number of aliphatic imine (C=N–C) groups is 1. The molecule has 140 valence electrons. The number of rotatable bonds is 3. The molecule has 2 unspecified atom stereocenters. The molecule has 4 nitrogen and oxygen atoms in total. The van der Waals surface area contributed by atoms with Gasteiger partial charge in [-0.25, -0.2) is 4.99 Å². The van der Waals surface area contributed by atoms with Crippen molar-refractivity contribution in [3.63, 3.8) is 0 Å². The van der Waals surface area contributed by atoms with E-state index >= 15 is 0 Å². The van der Waals surface area contributed by atoms with Crippen LogP contribution in [-0.2, 0) is 20.5 Å². The van der Waals surface area contributed by atoms with E-state index in [0.29, 0.717) is 0 Å². The third-order valence-corrected chi connectivity index (χ3v) is 5.05. The van der Waals surface area contributed by atoms with Gasteiger partial charge >= 0.3 is 12.1 Å². The van der Waals surface area contributed by atoms with Gasteiger partial charge in [-0.3, -0.25) is 9.59 Å². The number of carbonyl (C=O) groups is 2. The molecule has 1 saturated carbocycles. The van der Waals surface area contributed by atoms with Crippen LogP contribution >= 0.6 is 0 Å². The quantitative estimate of drug-likeness (QED) is 0.749. The molecule has 1 aliphatic heterocycles. The monoisotopic (exact) mass is 367 g/mol. The summed E-state index contributed by atoms with van der Waals surface area (Å²) in [5.41, 5.74) is -0.673. The minimum Gasteiger partial charge on any atom is -0.462 e. The summed E-state index contributed by atoms with van der Waals surface area (Å²) < 4.78 is 45.8. The third-order valence-electron chi connectivity index (χ3n) is 5.05. The Balaban J connectivity index is 1.97. The molecular weight excluding hydrogens is 347 g/mol. The van der Waals surface area contributed by atoms with Crippen molar-refractivity contribution >= 4 is 17.6 Å². The number of halogens is 3. The van der Waals surface area contributed by atoms with Gasteiger partial charge < -0.3 is 4.74 Å². The first-order valence-corrected chi connectivity index (χ1v) is 8.72. The zero-order chi connectivity index (χ0) is 18.9. The van der Waals surface area contributed by atoms with Crippen molar-refractivity contribution in [2.75, 3.05) is 0 Å². The highest BCUT2D eigenvalue weighted by molar-refractivity contribution is 6.08. The van der Waals surface area contributed by atoms with E-state index < -0.39 is 35.5 Å². The first-order valence-electron chi connectivity index (χ1n) is 8.72. The Morgan fingerprint density at radius 3 is 2.50 bits per heavy atom. The maximum absolute atomic E-state index is 13.4. The SMILES string of the molecule is CC1=NC(=O)CC(c2ccccc2C(F)(F)F)C1C(=O)OC1CCCC1. The van der Waals surface area contributed by atoms with Gasteiger partial charge in [-0.15, -0.1) is 0 Å². The number of alkyl halides is 3. The van der Waals surface area contributed by atoms with Gasteiger partial charge in [0.25, 0.3) is 0 Å². The summed E-state index contributed by atoms with van der Waals surface area (Å²) >= 11 is 0. The molecule has 7 heteroatoms. The molecule has 0 aromatic heterocycles. The Bertz CT molecular complexity index is 736. The average Bonchev–Trinajstić information content (AvgIpc) is 3.06. The van der Waals surface area contributed by atoms with E-state index in [1.54, 1.807) is 0 Å². The van der Waals surface area contributed by atoms with Gasteiger partial charge in [0, 0.05) is 18.1 Å². The van der Waals surface area contributed by atoms with Crippen molar-refractivity contribution < 1.29 is 27.5 Å². The zero-order valence-electron chi connectivity index (χ0n) is 14.4. The van der Waals surface area contributed by atoms with Gasteiger partial charge in [-0.1, -0.05) is 18.2 Å². The molecule has 1 aromatic rings. The molecule has 1 heterocycles. The topological polar surface area (TPSA) is 55.7 Å². The molecule has 2 atom stereocenters. The van der Waals surface area contributed by atoms with Crippen LogP contribution in [0.5, 0.6) is 0 Å². The maximum atomic E-state index is 13.4. The molecule has 1 aliphatic carbocycles. The molecule has 1 amide bonds. The minimum atomic E-state index is -4.57. The summed E-state index contributed by atoms with van der Waals surface area (Å²) in [5, 5.41) is 0. The number of carbonyl (C=O) groups excluding carboxylic acids is 2. The first kappa shape index (κ1) is 18.6. The molecule has 1 fully saturated rings. The fourth-order valence-corrected chi connectivity index (χ4v) is 3.86. The molecule has 0 saturated heterocycles. The Morgan fingerprint density at radius 1 is 1.19 bits per heavy atom. The van der Waals surface area contributed by atoms with Crippen molar-refractivity contribution in [2.24, 2.45) is 10.9 Å². The van der Waals surface area contributed by atoms with Crippen LogP contribution in [0.4, 0.5) is 13.2 Å². The fraction of sp³-hybridized carbons (Fsp3) is 0.526. The molecule has 2 aliphatic rings. The predicted molar refractivity (Wildman–Crippen MR) is 88.8 cm³/mol. The second-order valence-electron chi connectivity index (χ2n) is 6.86. The molecule has 0 N–H and O–H groups in total. The highest BCUT2D eigenvalue weighted by atomic mass is 19.4. The lowest BCUT2D eigenvalue weighted by atomic mass is 9.77. The lowest BCUT2D eigenvalue weighted by Gasteiger charge is -2.31. The largest absolute Gasteiger partial charge is 0.462 e. The molecule has 1 aromatic carbocycles. The van der Waals surface area contributed by atoms with Crippen LogP contribution in [0.25, 0.3) is 0 Å². The molecule has 3 rings (SSSR count). The number of hydrogen-bond acceptors (Lipinski definition) is 3. The van der Waals surface area contributed by atoms with Crippen LogP contribution in [-0.4, -0.2) is 23.7 Å². The predicted octanol–water partition coefficient (Wildman–Crippen LogP) is 4.28. The second kappa shape index (κ2) is 7.21. The highest BCUT2D eigenvalue weighted by Gasteiger charge is 2.43. The van der Waals surface area contributed by atoms with E-state index in [1.165, 1.54) is 25.1 Å². The van der Waals surface area contributed by atoms with Gasteiger partial charge in [-0.2, -0.15) is 13.2 Å². The first-order chi connectivity index (χ1) is 12.3. The van der Waals surface area contributed by atoms with E-state index in [9.17, 15) is 22.8 Å². The average molecular weight is 367 g/mol. The second-order valence-corrected chi connectivity index (χ2v) is 6.86. The number of benzene rings is 1. The number of hydrogen-bond donors (Lipinski definition) is 0. The molecular formula is C19H20F3NO3. The van der Waals surface area contributed by atoms with Gasteiger partial charge in [0.2, 0.25) is 5.91 Å². The lowest BCUT2D eigenvalue weighted by molar-refractivity contribution is -0.153. The molecule has 0 bridgehead atoms. The van der Waals surface area contributed by atoms with Crippen LogP contribution in [0.2, 0.25) is 0 Å². The third kappa shape index (κ3) is 3.81. The standard InChI is InChI=1S/C19H20F3NO3/c1-11-17(18(25)26-12-6-2-3-7-12)14(10-16(24)23-11)13-8-4-5-9-15(13)19(20,21)22/h4-5,8-9,12,14,17H,2-3,6-7,10H2,1H3. The Kier molecular flexibility index (Phi) is 5.16. The van der Waals surface area contributed by atoms with Crippen LogP contribution in [0.15, 0.2) is 29.3 Å². The van der Waals surface area contributed by atoms with Crippen LogP contribution < -0.4 is 0 Å². The van der Waals surface area contributed by atoms with Crippen LogP contribution in [0.1, 0.15) is 56.1 Å². The normalized spacial score (nSPS) is 24.5. The van der Waals surface area contributed by atoms with Crippen molar-refractivity contribution in [2.45, 2.75) is 57.2 Å². The lowest BCUT2D eigenvalue weighted by Crippen LogP contribution is -2.37. The van der Waals surface area contributed by atoms with Crippen molar-refractivity contribution in [3.8, 4) is 0 Å². The fourth-order valence-electron chi connectivity index (χ4n) is 3.86. The Labute approximate surface area is 149 Å². The number of amides is 1. The summed E-state index contributed by atoms with van der Waals surface area (Å²) in [6.45, 7) is 1.50. The van der Waals surface area contributed by atoms with Crippen LogP contribution in [0.3, 0.4) is 0 Å². The molecule has 0 radical (unpaired) electrons. The summed E-state index contributed by atoms with van der Waals surface area (Å²) in [7, 11) is 0. The van der Waals surface area contributed by atoms with Gasteiger partial charge in [0.15, 0.2) is 0 Å². The number of ether oxygens (including phenoxy) is 1. The van der Waals surface area contributed by atoms with E-state index in [1.807, 2.05) is 0 Å². The number of esters is 1. The summed E-state index contributed by atoms with van der Waals surface area (Å²) in [5.74, 6) is -3.01. The van der Waals surface area contributed by atoms with E-state index in [2.05, 4.69) is 4.99 Å². The Hall–Kier alpha value is -2.18. The van der Waals surface area contributed by atoms with Crippen LogP contribution in [0, 0.1) is 5.92 Å². The van der Waals surface area contributed by atoms with Gasteiger partial charge in [-0.05, 0) is 44.2 Å². The zero-order valence-corrected chi connectivity index (χ0v) is 14.4. The number of nitrogens with zero attached hydrogens (tertiary/aromatic N) is 1. The van der Waals surface area contributed by atoms with Crippen molar-refractivity contribution in [3.05, 3.63) is 35.4 Å². The Morgan fingerprint density at radius 2 is 1.85 bits per heavy atom. The minimum absolute atomic E-state index is 0.0593. The smallest absolute Gasteiger partial charge is 0.416 e. The summed E-state index contributed by atoms with van der Waals surface area (Å²) in [6.07, 6.45) is -1.55. The van der Waals surface area contributed by atoms with Gasteiger partial charge in [0.05, 0.1) is 5.56 Å². The van der Waals surface area contributed by atoms with Gasteiger partial charge in [0.1, 0.15) is 12.0 Å². The summed E-state index contributed by atoms with van der Waals surface area (Å²) in [4.78, 5) is 28.5. The highest BCUT2D eigenvalue weighted by Crippen LogP contribution is 2.41. The van der Waals surface area contributed by atoms with Crippen molar-refractivity contribution in [1.29, 1.82) is 0 Å². The maximum Gasteiger partial charge on any atom is 0.416 e. The summed E-state index contributed by atoms with van der Waals surface area (Å²) in [6, 6.07) is 5.08. The molecule has 26 heavy (non-hydrogen) atoms. The molecule has 0 spiro atoms. The van der Waals surface area contributed by atoms with E-state index in [-0.39, 0.29) is 23.8 Å². The van der Waals surface area contributed by atoms with E-state index in [0.717, 1.165) is 31.7 Å².